The van der Waals surface area contributed by atoms with Crippen LogP contribution in [0.2, 0.25) is 10.0 Å². The molecule has 0 saturated carbocycles. The van der Waals surface area contributed by atoms with Gasteiger partial charge in [0, 0.05) is 17.1 Å². The number of carbonyl (C=O) groups is 2. The molecule has 1 rings (SSSR count). The van der Waals surface area contributed by atoms with Crippen molar-refractivity contribution in [2.45, 2.75) is 33.6 Å². The second-order valence-electron chi connectivity index (χ2n) is 5.19. The van der Waals surface area contributed by atoms with E-state index in [0.717, 1.165) is 12.8 Å². The van der Waals surface area contributed by atoms with Crippen molar-refractivity contribution in [3.05, 3.63) is 39.9 Å². The highest BCUT2D eigenvalue weighted by molar-refractivity contribution is 6.35. The molecule has 0 saturated heterocycles. The minimum atomic E-state index is -0.305. The van der Waals surface area contributed by atoms with Gasteiger partial charge in [-0.1, -0.05) is 43.1 Å². The van der Waals surface area contributed by atoms with Crippen LogP contribution in [0, 0.1) is 0 Å². The summed E-state index contributed by atoms with van der Waals surface area (Å²) in [5, 5.41) is 3.58. The van der Waals surface area contributed by atoms with Gasteiger partial charge in [-0.2, -0.15) is 0 Å². The first-order valence-corrected chi connectivity index (χ1v) is 8.35. The van der Waals surface area contributed by atoms with Crippen LogP contribution in [0.5, 0.6) is 0 Å². The van der Waals surface area contributed by atoms with E-state index in [9.17, 15) is 9.59 Å². The smallest absolute Gasteiger partial charge is 0.249 e. The molecule has 0 heterocycles. The summed E-state index contributed by atoms with van der Waals surface area (Å²) in [7, 11) is 0. The fourth-order valence-corrected chi connectivity index (χ4v) is 2.46. The molecule has 23 heavy (non-hydrogen) atoms. The lowest BCUT2D eigenvalue weighted by atomic mass is 10.2. The molecule has 0 bridgehead atoms. The van der Waals surface area contributed by atoms with E-state index in [-0.39, 0.29) is 18.4 Å². The van der Waals surface area contributed by atoms with Crippen molar-refractivity contribution >= 4 is 40.7 Å². The number of carbonyl (C=O) groups excluding carboxylic acids is 2. The molecule has 0 aliphatic carbocycles. The average molecular weight is 357 g/mol. The third-order valence-corrected chi connectivity index (χ3v) is 3.73. The van der Waals surface area contributed by atoms with E-state index in [1.54, 1.807) is 25.1 Å². The first kappa shape index (κ1) is 19.5. The number of halogens is 2. The van der Waals surface area contributed by atoms with Gasteiger partial charge in [-0.15, -0.1) is 0 Å². The molecule has 1 aromatic carbocycles. The van der Waals surface area contributed by atoms with Crippen LogP contribution < -0.4 is 5.32 Å². The van der Waals surface area contributed by atoms with E-state index in [1.807, 2.05) is 19.9 Å². The third kappa shape index (κ3) is 6.24. The zero-order valence-electron chi connectivity index (χ0n) is 13.7. The monoisotopic (exact) mass is 356 g/mol. The van der Waals surface area contributed by atoms with Crippen LogP contribution in [-0.4, -0.2) is 29.8 Å². The maximum absolute atomic E-state index is 12.4. The van der Waals surface area contributed by atoms with Crippen molar-refractivity contribution in [1.82, 2.24) is 4.90 Å². The highest BCUT2D eigenvalue weighted by atomic mass is 35.5. The maximum Gasteiger partial charge on any atom is 0.249 e. The van der Waals surface area contributed by atoms with Crippen molar-refractivity contribution in [3.63, 3.8) is 0 Å². The van der Waals surface area contributed by atoms with Gasteiger partial charge in [0.2, 0.25) is 11.8 Å². The minimum Gasteiger partial charge on any atom is -0.330 e. The molecule has 6 heteroatoms. The number of nitrogens with one attached hydrogen (secondary N) is 1. The van der Waals surface area contributed by atoms with E-state index in [4.69, 9.17) is 23.2 Å². The molecule has 0 fully saturated rings. The van der Waals surface area contributed by atoms with Gasteiger partial charge in [-0.3, -0.25) is 9.59 Å². The maximum atomic E-state index is 12.4. The predicted molar refractivity (Wildman–Crippen MR) is 96.0 cm³/mol. The molecule has 1 N–H and O–H groups in total. The van der Waals surface area contributed by atoms with Crippen molar-refractivity contribution in [2.24, 2.45) is 0 Å². The Morgan fingerprint density at radius 1 is 1.26 bits per heavy atom. The second-order valence-corrected chi connectivity index (χ2v) is 6.04. The Morgan fingerprint density at radius 3 is 2.57 bits per heavy atom. The molecular formula is C17H22Cl2N2O2. The second kappa shape index (κ2) is 9.58. The van der Waals surface area contributed by atoms with Crippen molar-refractivity contribution in [1.29, 1.82) is 0 Å². The van der Waals surface area contributed by atoms with Crippen LogP contribution >= 0.6 is 23.2 Å². The van der Waals surface area contributed by atoms with Gasteiger partial charge in [-0.05, 0) is 38.0 Å². The summed E-state index contributed by atoms with van der Waals surface area (Å²) in [5.74, 6) is -0.429. The number of nitrogens with zero attached hydrogens (tertiary/aromatic N) is 1. The molecule has 0 radical (unpaired) electrons. The summed E-state index contributed by atoms with van der Waals surface area (Å²) in [6, 6.07) is 4.84. The molecule has 126 valence electrons. The quantitative estimate of drug-likeness (QED) is 0.729. The Balaban J connectivity index is 2.80. The van der Waals surface area contributed by atoms with Crippen LogP contribution in [0.4, 0.5) is 5.69 Å². The Morgan fingerprint density at radius 2 is 1.96 bits per heavy atom. The van der Waals surface area contributed by atoms with Gasteiger partial charge in [-0.25, -0.2) is 0 Å². The highest BCUT2D eigenvalue weighted by Crippen LogP contribution is 2.25. The Bertz CT molecular complexity index is 600. The number of allylic oxidation sites excluding steroid dienone is 1. The number of hydrogen-bond acceptors (Lipinski definition) is 2. The fourth-order valence-electron chi connectivity index (χ4n) is 2.12. The van der Waals surface area contributed by atoms with Crippen LogP contribution in [0.3, 0.4) is 0 Å². The Kier molecular flexibility index (Phi) is 8.13. The summed E-state index contributed by atoms with van der Waals surface area (Å²) in [4.78, 5) is 26.1. The van der Waals surface area contributed by atoms with Gasteiger partial charge < -0.3 is 10.2 Å². The Hall–Kier alpha value is -1.52. The van der Waals surface area contributed by atoms with Crippen LogP contribution in [0.1, 0.15) is 33.6 Å². The van der Waals surface area contributed by atoms with Gasteiger partial charge in [0.25, 0.3) is 0 Å². The molecule has 0 aliphatic heterocycles. The summed E-state index contributed by atoms with van der Waals surface area (Å²) in [6.45, 7) is 6.19. The normalized spacial score (nSPS) is 11.3. The zero-order chi connectivity index (χ0) is 17.4. The molecule has 0 aromatic heterocycles. The molecule has 0 unspecified atom stereocenters. The van der Waals surface area contributed by atoms with Gasteiger partial charge >= 0.3 is 0 Å². The van der Waals surface area contributed by atoms with Crippen molar-refractivity contribution in [2.75, 3.05) is 18.4 Å². The molecule has 0 atom stereocenters. The molecule has 4 nitrogen and oxygen atoms in total. The topological polar surface area (TPSA) is 49.4 Å². The predicted octanol–water partition coefficient (Wildman–Crippen LogP) is 4.53. The number of hydrogen-bond donors (Lipinski definition) is 1. The largest absolute Gasteiger partial charge is 0.330 e. The van der Waals surface area contributed by atoms with E-state index in [2.05, 4.69) is 5.32 Å². The number of amides is 2. The van der Waals surface area contributed by atoms with Crippen LogP contribution in [0.25, 0.3) is 0 Å². The lowest BCUT2D eigenvalue weighted by Crippen LogP contribution is -2.39. The average Bonchev–Trinajstić information content (AvgIpc) is 2.50. The van der Waals surface area contributed by atoms with Crippen LogP contribution in [0.15, 0.2) is 29.8 Å². The number of anilines is 1. The summed E-state index contributed by atoms with van der Waals surface area (Å²) in [5.41, 5.74) is 1.09. The molecule has 0 spiro atoms. The first-order chi connectivity index (χ1) is 10.9. The summed E-state index contributed by atoms with van der Waals surface area (Å²) in [6.07, 6.45) is 3.41. The number of rotatable bonds is 7. The molecule has 1 aromatic rings. The van der Waals surface area contributed by atoms with E-state index >= 15 is 0 Å². The summed E-state index contributed by atoms with van der Waals surface area (Å²) >= 11 is 11.9. The van der Waals surface area contributed by atoms with E-state index < -0.39 is 0 Å². The minimum absolute atomic E-state index is 0.0234. The summed E-state index contributed by atoms with van der Waals surface area (Å²) < 4.78 is 0. The third-order valence-electron chi connectivity index (χ3n) is 3.17. The van der Waals surface area contributed by atoms with Crippen LogP contribution in [-0.2, 0) is 9.59 Å². The standard InChI is InChI=1S/C17H22Cl2N2O2/c1-4-6-12(3)17(23)21(9-5-2)11-16(22)20-15-10-13(18)7-8-14(15)19/h6-8,10H,4-5,9,11H2,1-3H3,(H,20,22). The lowest BCUT2D eigenvalue weighted by Gasteiger charge is -2.22. The fraction of sp³-hybridized carbons (Fsp3) is 0.412. The van der Waals surface area contributed by atoms with E-state index in [0.29, 0.717) is 27.9 Å². The molecule has 0 aliphatic rings. The van der Waals surface area contributed by atoms with Crippen molar-refractivity contribution in [3.8, 4) is 0 Å². The molecular weight excluding hydrogens is 335 g/mol. The van der Waals surface area contributed by atoms with Crippen molar-refractivity contribution < 1.29 is 9.59 Å². The number of benzene rings is 1. The van der Waals surface area contributed by atoms with Gasteiger partial charge in [0.1, 0.15) is 6.54 Å². The SMILES string of the molecule is CCC=C(C)C(=O)N(CCC)CC(=O)Nc1cc(Cl)ccc1Cl. The Labute approximate surface area is 147 Å². The van der Waals surface area contributed by atoms with Gasteiger partial charge in [0.05, 0.1) is 10.7 Å². The van der Waals surface area contributed by atoms with Gasteiger partial charge in [0.15, 0.2) is 0 Å². The first-order valence-electron chi connectivity index (χ1n) is 7.59. The zero-order valence-corrected chi connectivity index (χ0v) is 15.2. The lowest BCUT2D eigenvalue weighted by molar-refractivity contribution is -0.131. The molecule has 2 amide bonds. The highest BCUT2D eigenvalue weighted by Gasteiger charge is 2.18. The van der Waals surface area contributed by atoms with E-state index in [1.165, 1.54) is 4.90 Å².